The Morgan fingerprint density at radius 3 is 2.71 bits per heavy atom. The highest BCUT2D eigenvalue weighted by atomic mass is 16.3. The van der Waals surface area contributed by atoms with Crippen molar-refractivity contribution >= 4 is 11.7 Å². The van der Waals surface area contributed by atoms with Crippen LogP contribution in [0.2, 0.25) is 0 Å². The molecule has 1 aromatic heterocycles. The van der Waals surface area contributed by atoms with Crippen molar-refractivity contribution in [3.05, 3.63) is 18.1 Å². The molecule has 94 valence electrons. The summed E-state index contributed by atoms with van der Waals surface area (Å²) in [7, 11) is 3.34. The fourth-order valence-electron chi connectivity index (χ4n) is 1.14. The van der Waals surface area contributed by atoms with Crippen LogP contribution >= 0.6 is 0 Å². The number of likely N-dealkylation sites (N-methyl/N-ethyl adjacent to an activating group) is 1. The van der Waals surface area contributed by atoms with E-state index in [0.717, 1.165) is 0 Å². The van der Waals surface area contributed by atoms with Gasteiger partial charge in [-0.15, -0.1) is 0 Å². The minimum atomic E-state index is -0.631. The topological polar surface area (TPSA) is 78.4 Å². The van der Waals surface area contributed by atoms with Crippen LogP contribution in [-0.2, 0) is 0 Å². The van der Waals surface area contributed by atoms with E-state index in [0.29, 0.717) is 5.82 Å². The van der Waals surface area contributed by atoms with Gasteiger partial charge in [0.2, 0.25) is 0 Å². The van der Waals surface area contributed by atoms with Gasteiger partial charge in [-0.05, 0) is 13.8 Å². The summed E-state index contributed by atoms with van der Waals surface area (Å²) in [5.74, 6) is 0.264. The number of aromatic nitrogens is 2. The molecular weight excluding hydrogens is 220 g/mol. The average molecular weight is 238 g/mol. The molecule has 17 heavy (non-hydrogen) atoms. The molecule has 1 aromatic rings. The van der Waals surface area contributed by atoms with Gasteiger partial charge in [-0.2, -0.15) is 0 Å². The van der Waals surface area contributed by atoms with Crippen molar-refractivity contribution in [2.24, 2.45) is 0 Å². The molecule has 0 saturated heterocycles. The lowest BCUT2D eigenvalue weighted by Crippen LogP contribution is -2.47. The van der Waals surface area contributed by atoms with Crippen LogP contribution < -0.4 is 5.32 Å². The summed E-state index contributed by atoms with van der Waals surface area (Å²) in [4.78, 5) is 21.6. The fourth-order valence-corrected chi connectivity index (χ4v) is 1.14. The van der Waals surface area contributed by atoms with Crippen molar-refractivity contribution in [2.45, 2.75) is 19.4 Å². The van der Waals surface area contributed by atoms with Crippen LogP contribution in [0.4, 0.5) is 5.82 Å². The van der Waals surface area contributed by atoms with E-state index in [1.807, 2.05) is 0 Å². The maximum atomic E-state index is 12.1. The van der Waals surface area contributed by atoms with Crippen LogP contribution in [0.15, 0.2) is 12.4 Å². The van der Waals surface area contributed by atoms with Crippen molar-refractivity contribution < 1.29 is 9.90 Å². The number of anilines is 1. The van der Waals surface area contributed by atoms with Gasteiger partial charge in [-0.1, -0.05) is 0 Å². The molecular formula is C11H18N4O2. The lowest BCUT2D eigenvalue weighted by atomic mass is 10.0. The lowest BCUT2D eigenvalue weighted by molar-refractivity contribution is 0.0467. The summed E-state index contributed by atoms with van der Waals surface area (Å²) >= 11 is 0. The van der Waals surface area contributed by atoms with Gasteiger partial charge in [0.05, 0.1) is 24.5 Å². The Kier molecular flexibility index (Phi) is 4.01. The van der Waals surface area contributed by atoms with Gasteiger partial charge in [-0.25, -0.2) is 4.98 Å². The highest BCUT2D eigenvalue weighted by Gasteiger charge is 2.28. The Labute approximate surface area is 101 Å². The van der Waals surface area contributed by atoms with Crippen LogP contribution in [0.1, 0.15) is 24.3 Å². The van der Waals surface area contributed by atoms with Gasteiger partial charge in [0.15, 0.2) is 0 Å². The number of nitrogens with one attached hydrogen (secondary N) is 1. The molecule has 2 N–H and O–H groups in total. The quantitative estimate of drug-likeness (QED) is 0.792. The first-order valence-electron chi connectivity index (χ1n) is 5.31. The predicted molar refractivity (Wildman–Crippen MR) is 64.8 cm³/mol. The average Bonchev–Trinajstić information content (AvgIpc) is 2.37. The molecule has 0 bridgehead atoms. The third-order valence-corrected chi connectivity index (χ3v) is 2.71. The molecule has 0 aromatic carbocycles. The van der Waals surface area contributed by atoms with E-state index in [9.17, 15) is 9.90 Å². The number of amides is 1. The summed E-state index contributed by atoms with van der Waals surface area (Å²) in [6, 6.07) is 0. The van der Waals surface area contributed by atoms with Crippen LogP contribution in [0.3, 0.4) is 0 Å². The Hall–Kier alpha value is -1.69. The zero-order chi connectivity index (χ0) is 13.1. The minimum Gasteiger partial charge on any atom is -0.394 e. The lowest BCUT2D eigenvalue weighted by Gasteiger charge is -2.33. The molecule has 0 fully saturated rings. The van der Waals surface area contributed by atoms with Crippen molar-refractivity contribution in [1.29, 1.82) is 0 Å². The number of hydrogen-bond donors (Lipinski definition) is 2. The fraction of sp³-hybridized carbons (Fsp3) is 0.545. The summed E-state index contributed by atoms with van der Waals surface area (Å²) in [5.41, 5.74) is -0.380. The van der Waals surface area contributed by atoms with Crippen LogP contribution in [0, 0.1) is 0 Å². The molecule has 1 rings (SSSR count). The van der Waals surface area contributed by atoms with Gasteiger partial charge < -0.3 is 15.3 Å². The maximum Gasteiger partial charge on any atom is 0.274 e. The molecule has 0 aliphatic carbocycles. The summed E-state index contributed by atoms with van der Waals surface area (Å²) in [5, 5.41) is 12.0. The van der Waals surface area contributed by atoms with E-state index in [4.69, 9.17) is 0 Å². The van der Waals surface area contributed by atoms with Crippen molar-refractivity contribution in [3.8, 4) is 0 Å². The first-order valence-corrected chi connectivity index (χ1v) is 5.31. The maximum absolute atomic E-state index is 12.1. The molecule has 6 heteroatoms. The third-order valence-electron chi connectivity index (χ3n) is 2.71. The highest BCUT2D eigenvalue weighted by Crippen LogP contribution is 2.14. The number of aliphatic hydroxyl groups excluding tert-OH is 1. The van der Waals surface area contributed by atoms with E-state index in [1.165, 1.54) is 17.3 Å². The van der Waals surface area contributed by atoms with Gasteiger partial charge in [0.25, 0.3) is 5.91 Å². The van der Waals surface area contributed by atoms with Crippen LogP contribution in [0.25, 0.3) is 0 Å². The van der Waals surface area contributed by atoms with Crippen LogP contribution in [-0.4, -0.2) is 52.1 Å². The van der Waals surface area contributed by atoms with Gasteiger partial charge >= 0.3 is 0 Å². The van der Waals surface area contributed by atoms with Gasteiger partial charge in [0, 0.05) is 14.1 Å². The zero-order valence-corrected chi connectivity index (χ0v) is 10.6. The molecule has 0 aliphatic rings. The van der Waals surface area contributed by atoms with Gasteiger partial charge in [-0.3, -0.25) is 9.78 Å². The van der Waals surface area contributed by atoms with E-state index in [2.05, 4.69) is 15.3 Å². The SMILES string of the molecule is CNc1cncc(C(=O)N(C)C(C)(C)CO)n1. The van der Waals surface area contributed by atoms with E-state index in [1.54, 1.807) is 27.9 Å². The molecule has 1 heterocycles. The largest absolute Gasteiger partial charge is 0.394 e. The smallest absolute Gasteiger partial charge is 0.274 e. The Balaban J connectivity index is 2.96. The van der Waals surface area contributed by atoms with E-state index < -0.39 is 5.54 Å². The second-order valence-electron chi connectivity index (χ2n) is 4.37. The Morgan fingerprint density at radius 1 is 1.53 bits per heavy atom. The summed E-state index contributed by atoms with van der Waals surface area (Å²) in [6.45, 7) is 3.44. The standard InChI is InChI=1S/C11H18N4O2/c1-11(2,7-16)15(4)10(17)8-5-13-6-9(12-3)14-8/h5-6,16H,7H2,1-4H3,(H,12,14). The second kappa shape index (κ2) is 5.09. The molecule has 6 nitrogen and oxygen atoms in total. The first kappa shape index (κ1) is 13.4. The number of aliphatic hydroxyl groups is 1. The highest BCUT2D eigenvalue weighted by molar-refractivity contribution is 5.92. The second-order valence-corrected chi connectivity index (χ2v) is 4.37. The molecule has 0 aliphatic heterocycles. The zero-order valence-electron chi connectivity index (χ0n) is 10.6. The van der Waals surface area contributed by atoms with E-state index in [-0.39, 0.29) is 18.2 Å². The first-order chi connectivity index (χ1) is 7.92. The summed E-state index contributed by atoms with van der Waals surface area (Å²) in [6.07, 6.45) is 2.95. The van der Waals surface area contributed by atoms with Crippen molar-refractivity contribution in [3.63, 3.8) is 0 Å². The molecule has 0 radical (unpaired) electrons. The molecule has 0 atom stereocenters. The molecule has 0 spiro atoms. The number of rotatable bonds is 4. The normalized spacial score (nSPS) is 11.1. The molecule has 1 amide bonds. The Morgan fingerprint density at radius 2 is 2.18 bits per heavy atom. The Bertz CT molecular complexity index is 406. The number of carbonyl (C=O) groups is 1. The monoisotopic (exact) mass is 238 g/mol. The molecule has 0 unspecified atom stereocenters. The third kappa shape index (κ3) is 2.91. The van der Waals surface area contributed by atoms with Crippen LogP contribution in [0.5, 0.6) is 0 Å². The van der Waals surface area contributed by atoms with Crippen molar-refractivity contribution in [2.75, 3.05) is 26.0 Å². The molecule has 0 saturated carbocycles. The van der Waals surface area contributed by atoms with Crippen molar-refractivity contribution in [1.82, 2.24) is 14.9 Å². The number of nitrogens with zero attached hydrogens (tertiary/aromatic N) is 3. The van der Waals surface area contributed by atoms with E-state index >= 15 is 0 Å². The predicted octanol–water partition coefficient (Wildman–Crippen LogP) is 0.361. The number of carbonyl (C=O) groups excluding carboxylic acids is 1. The summed E-state index contributed by atoms with van der Waals surface area (Å²) < 4.78 is 0. The minimum absolute atomic E-state index is 0.117. The number of hydrogen-bond acceptors (Lipinski definition) is 5. The van der Waals surface area contributed by atoms with Gasteiger partial charge in [0.1, 0.15) is 11.5 Å².